The molecular formula is C12H17FN2. The van der Waals surface area contributed by atoms with E-state index < -0.39 is 0 Å². The molecule has 2 nitrogen and oxygen atoms in total. The zero-order valence-corrected chi connectivity index (χ0v) is 9.42. The van der Waals surface area contributed by atoms with Crippen molar-refractivity contribution in [3.63, 3.8) is 0 Å². The van der Waals surface area contributed by atoms with Crippen molar-refractivity contribution in [2.24, 2.45) is 5.92 Å². The second kappa shape index (κ2) is 4.91. The molecule has 1 aromatic rings. The molecule has 15 heavy (non-hydrogen) atoms. The minimum absolute atomic E-state index is 0.146. The van der Waals surface area contributed by atoms with Gasteiger partial charge in [0.15, 0.2) is 0 Å². The summed E-state index contributed by atoms with van der Waals surface area (Å²) in [5.74, 6) is 0.402. The lowest BCUT2D eigenvalue weighted by molar-refractivity contribution is 0.627. The second-order valence-electron chi connectivity index (χ2n) is 3.76. The third-order valence-electron chi connectivity index (χ3n) is 2.27. The molecule has 0 atom stereocenters. The molecule has 0 saturated carbocycles. The molecule has 1 N–H and O–H groups in total. The second-order valence-corrected chi connectivity index (χ2v) is 3.76. The van der Waals surface area contributed by atoms with Gasteiger partial charge >= 0.3 is 0 Å². The van der Waals surface area contributed by atoms with E-state index in [1.54, 1.807) is 6.07 Å². The van der Waals surface area contributed by atoms with Crippen LogP contribution < -0.4 is 4.90 Å². The van der Waals surface area contributed by atoms with Gasteiger partial charge in [-0.05, 0) is 25.1 Å². The number of halogens is 1. The Bertz CT molecular complexity index is 347. The van der Waals surface area contributed by atoms with E-state index in [1.807, 2.05) is 31.7 Å². The number of anilines is 1. The maximum absolute atomic E-state index is 13.0. The zero-order valence-electron chi connectivity index (χ0n) is 9.42. The molecule has 0 fully saturated rings. The normalized spacial score (nSPS) is 10.5. The summed E-state index contributed by atoms with van der Waals surface area (Å²) < 4.78 is 13.0. The number of benzene rings is 1. The van der Waals surface area contributed by atoms with Crippen LogP contribution in [0.1, 0.15) is 20.8 Å². The molecular weight excluding hydrogens is 191 g/mol. The molecule has 0 aliphatic rings. The molecule has 0 spiro atoms. The van der Waals surface area contributed by atoms with Crippen LogP contribution in [0.4, 0.5) is 10.1 Å². The fraction of sp³-hybridized carbons (Fsp3) is 0.417. The topological polar surface area (TPSA) is 27.1 Å². The van der Waals surface area contributed by atoms with Crippen LogP contribution in [0.25, 0.3) is 0 Å². The van der Waals surface area contributed by atoms with E-state index in [9.17, 15) is 4.39 Å². The van der Waals surface area contributed by atoms with E-state index >= 15 is 0 Å². The molecule has 1 rings (SSSR count). The first-order valence-electron chi connectivity index (χ1n) is 5.17. The van der Waals surface area contributed by atoms with Gasteiger partial charge in [0.2, 0.25) is 0 Å². The average molecular weight is 208 g/mol. The Balaban J connectivity index is 2.97. The van der Waals surface area contributed by atoms with Gasteiger partial charge in [0, 0.05) is 18.2 Å². The first-order valence-corrected chi connectivity index (χ1v) is 5.17. The molecule has 0 aliphatic carbocycles. The number of hydrogen-bond donors (Lipinski definition) is 1. The summed E-state index contributed by atoms with van der Waals surface area (Å²) >= 11 is 0. The standard InChI is InChI=1S/C12H17FN2/c1-4-15(12(14)9(2)3)11-7-5-6-10(13)8-11/h5-9,14H,4H2,1-3H3. The number of amidine groups is 1. The SMILES string of the molecule is CCN(C(=N)C(C)C)c1cccc(F)c1. The van der Waals surface area contributed by atoms with Gasteiger partial charge in [-0.2, -0.15) is 0 Å². The molecule has 0 amide bonds. The van der Waals surface area contributed by atoms with E-state index in [-0.39, 0.29) is 11.7 Å². The highest BCUT2D eigenvalue weighted by molar-refractivity contribution is 5.96. The Kier molecular flexibility index (Phi) is 3.83. The smallest absolute Gasteiger partial charge is 0.125 e. The molecule has 0 radical (unpaired) electrons. The molecule has 0 aliphatic heterocycles. The van der Waals surface area contributed by atoms with E-state index in [0.29, 0.717) is 12.4 Å². The van der Waals surface area contributed by atoms with E-state index in [2.05, 4.69) is 0 Å². The third kappa shape index (κ3) is 2.78. The number of hydrogen-bond acceptors (Lipinski definition) is 1. The summed E-state index contributed by atoms with van der Waals surface area (Å²) in [7, 11) is 0. The van der Waals surface area contributed by atoms with Crippen LogP contribution in [-0.2, 0) is 0 Å². The summed E-state index contributed by atoms with van der Waals surface area (Å²) in [6.07, 6.45) is 0. The lowest BCUT2D eigenvalue weighted by Crippen LogP contribution is -2.33. The molecule has 1 aromatic carbocycles. The van der Waals surface area contributed by atoms with Crippen molar-refractivity contribution in [3.05, 3.63) is 30.1 Å². The van der Waals surface area contributed by atoms with Gasteiger partial charge in [-0.25, -0.2) is 4.39 Å². The largest absolute Gasteiger partial charge is 0.330 e. The highest BCUT2D eigenvalue weighted by Crippen LogP contribution is 2.17. The van der Waals surface area contributed by atoms with Crippen LogP contribution in [0.2, 0.25) is 0 Å². The summed E-state index contributed by atoms with van der Waals surface area (Å²) in [6, 6.07) is 6.36. The van der Waals surface area contributed by atoms with Crippen molar-refractivity contribution in [2.45, 2.75) is 20.8 Å². The van der Waals surface area contributed by atoms with Gasteiger partial charge in [0.25, 0.3) is 0 Å². The highest BCUT2D eigenvalue weighted by Gasteiger charge is 2.13. The first-order chi connectivity index (χ1) is 7.06. The fourth-order valence-electron chi connectivity index (χ4n) is 1.45. The van der Waals surface area contributed by atoms with Crippen molar-refractivity contribution < 1.29 is 4.39 Å². The number of nitrogens with zero attached hydrogens (tertiary/aromatic N) is 1. The number of nitrogens with one attached hydrogen (secondary N) is 1. The zero-order chi connectivity index (χ0) is 11.4. The molecule has 0 aromatic heterocycles. The minimum Gasteiger partial charge on any atom is -0.330 e. The monoisotopic (exact) mass is 208 g/mol. The van der Waals surface area contributed by atoms with Crippen LogP contribution in [0.15, 0.2) is 24.3 Å². The van der Waals surface area contributed by atoms with Gasteiger partial charge in [-0.1, -0.05) is 19.9 Å². The maximum Gasteiger partial charge on any atom is 0.125 e. The molecule has 3 heteroatoms. The van der Waals surface area contributed by atoms with E-state index in [0.717, 1.165) is 5.69 Å². The van der Waals surface area contributed by atoms with Gasteiger partial charge in [-0.3, -0.25) is 5.41 Å². The minimum atomic E-state index is -0.262. The summed E-state index contributed by atoms with van der Waals surface area (Å²) in [5.41, 5.74) is 0.746. The molecule has 0 saturated heterocycles. The van der Waals surface area contributed by atoms with Crippen molar-refractivity contribution in [2.75, 3.05) is 11.4 Å². The van der Waals surface area contributed by atoms with Gasteiger partial charge in [-0.15, -0.1) is 0 Å². The number of rotatable bonds is 3. The maximum atomic E-state index is 13.0. The Hall–Kier alpha value is -1.38. The molecule has 0 bridgehead atoms. The van der Waals surface area contributed by atoms with E-state index in [4.69, 9.17) is 5.41 Å². The van der Waals surface area contributed by atoms with Crippen molar-refractivity contribution in [1.82, 2.24) is 0 Å². The fourth-order valence-corrected chi connectivity index (χ4v) is 1.45. The van der Waals surface area contributed by atoms with Crippen molar-refractivity contribution in [1.29, 1.82) is 5.41 Å². The molecule has 0 unspecified atom stereocenters. The summed E-state index contributed by atoms with van der Waals surface area (Å²) in [5, 5.41) is 7.91. The lowest BCUT2D eigenvalue weighted by Gasteiger charge is -2.25. The lowest BCUT2D eigenvalue weighted by atomic mass is 10.1. The average Bonchev–Trinajstić information content (AvgIpc) is 2.18. The quantitative estimate of drug-likeness (QED) is 0.599. The van der Waals surface area contributed by atoms with Gasteiger partial charge in [0.05, 0.1) is 0 Å². The Labute approximate surface area is 90.2 Å². The predicted octanol–water partition coefficient (Wildman–Crippen LogP) is 3.29. The molecule has 0 heterocycles. The third-order valence-corrected chi connectivity index (χ3v) is 2.27. The Morgan fingerprint density at radius 2 is 2.13 bits per heavy atom. The van der Waals surface area contributed by atoms with E-state index in [1.165, 1.54) is 12.1 Å². The predicted molar refractivity (Wildman–Crippen MR) is 62.0 cm³/mol. The van der Waals surface area contributed by atoms with Crippen LogP contribution in [0, 0.1) is 17.1 Å². The first kappa shape index (κ1) is 11.7. The molecule has 82 valence electrons. The van der Waals surface area contributed by atoms with Crippen molar-refractivity contribution >= 4 is 11.5 Å². The highest BCUT2D eigenvalue weighted by atomic mass is 19.1. The van der Waals surface area contributed by atoms with Gasteiger partial charge in [0.1, 0.15) is 11.7 Å². The van der Waals surface area contributed by atoms with Crippen LogP contribution in [0.5, 0.6) is 0 Å². The Morgan fingerprint density at radius 1 is 1.47 bits per heavy atom. The van der Waals surface area contributed by atoms with Crippen LogP contribution in [0.3, 0.4) is 0 Å². The van der Waals surface area contributed by atoms with Crippen LogP contribution >= 0.6 is 0 Å². The summed E-state index contributed by atoms with van der Waals surface area (Å²) in [4.78, 5) is 1.81. The van der Waals surface area contributed by atoms with Crippen molar-refractivity contribution in [3.8, 4) is 0 Å². The summed E-state index contributed by atoms with van der Waals surface area (Å²) in [6.45, 7) is 6.57. The Morgan fingerprint density at radius 3 is 2.60 bits per heavy atom. The van der Waals surface area contributed by atoms with Crippen LogP contribution in [-0.4, -0.2) is 12.4 Å². The van der Waals surface area contributed by atoms with Gasteiger partial charge < -0.3 is 4.90 Å².